The lowest BCUT2D eigenvalue weighted by Crippen LogP contribution is -2.50. The molecule has 4 aromatic rings. The monoisotopic (exact) mass is 562 g/mol. The highest BCUT2D eigenvalue weighted by Gasteiger charge is 2.34. The highest BCUT2D eigenvalue weighted by Crippen LogP contribution is 2.29. The number of primary amides is 2. The first kappa shape index (κ1) is 29.5. The van der Waals surface area contributed by atoms with E-state index in [1.54, 1.807) is 18.2 Å². The van der Waals surface area contributed by atoms with Gasteiger partial charge in [0.2, 0.25) is 11.8 Å². The third-order valence-corrected chi connectivity index (χ3v) is 7.01. The number of nitrogens with zero attached hydrogens (tertiary/aromatic N) is 1. The zero-order chi connectivity index (χ0) is 30.1. The van der Waals surface area contributed by atoms with Crippen molar-refractivity contribution in [3.8, 4) is 0 Å². The number of hydrogen-bond acceptors (Lipinski definition) is 4. The normalized spacial score (nSPS) is 11.5. The maximum atomic E-state index is 14.6. The Labute approximate surface area is 244 Å². The molecule has 4 aromatic carbocycles. The number of carbonyl (C=O) groups excluding carboxylic acids is 3. The summed E-state index contributed by atoms with van der Waals surface area (Å²) in [5.41, 5.74) is 21.3. The Bertz CT molecular complexity index is 1500. The number of benzene rings is 4. The fraction of sp³-hybridized carbons (Fsp3) is 0.152. The second-order valence-corrected chi connectivity index (χ2v) is 9.99. The molecule has 0 aliphatic heterocycles. The van der Waals surface area contributed by atoms with Crippen molar-refractivity contribution in [2.24, 2.45) is 17.2 Å². The average molecular weight is 563 g/mol. The van der Waals surface area contributed by atoms with Crippen molar-refractivity contribution in [3.63, 3.8) is 0 Å². The number of hydrogen-bond donors (Lipinski definition) is 5. The summed E-state index contributed by atoms with van der Waals surface area (Å²) in [6.45, 7) is 0.372. The molecule has 0 fully saturated rings. The van der Waals surface area contributed by atoms with Crippen LogP contribution in [-0.4, -0.2) is 34.6 Å². The van der Waals surface area contributed by atoms with Gasteiger partial charge in [0.1, 0.15) is 11.9 Å². The number of nitrogens with two attached hydrogens (primary N) is 3. The Hall–Kier alpha value is -5.44. The fourth-order valence-electron chi connectivity index (χ4n) is 4.88. The third-order valence-electron chi connectivity index (χ3n) is 7.01. The Kier molecular flexibility index (Phi) is 9.68. The van der Waals surface area contributed by atoms with Crippen LogP contribution in [0.15, 0.2) is 109 Å². The summed E-state index contributed by atoms with van der Waals surface area (Å²) in [5.74, 6) is -1.71. The molecule has 214 valence electrons. The van der Waals surface area contributed by atoms with Crippen molar-refractivity contribution in [2.75, 3.05) is 0 Å². The van der Waals surface area contributed by atoms with Gasteiger partial charge in [-0.1, -0.05) is 103 Å². The molecule has 0 heterocycles. The standard InChI is InChI=1S/C33H34N6O3/c34-30(35)27-13-7-8-24(18-27)19-28(31(36)40)39(21-23-16-14-22(15-17-23)20-38-33(37)42)32(41)29(25-9-3-1-4-10-25)26-11-5-2-6-12-26/h1-18,28-29H,19-21H2,(H3,34,35)(H2,36,40)(H3,37,38,42)/t28-/m1/s1. The summed E-state index contributed by atoms with van der Waals surface area (Å²) in [6, 6.07) is 31.6. The third kappa shape index (κ3) is 7.60. The van der Waals surface area contributed by atoms with Crippen LogP contribution in [-0.2, 0) is 29.1 Å². The van der Waals surface area contributed by atoms with Crippen LogP contribution >= 0.6 is 0 Å². The van der Waals surface area contributed by atoms with Gasteiger partial charge in [0.25, 0.3) is 0 Å². The number of amidine groups is 1. The lowest BCUT2D eigenvalue weighted by atomic mass is 9.88. The van der Waals surface area contributed by atoms with Crippen molar-refractivity contribution < 1.29 is 14.4 Å². The van der Waals surface area contributed by atoms with Gasteiger partial charge >= 0.3 is 6.03 Å². The van der Waals surface area contributed by atoms with Crippen molar-refractivity contribution >= 4 is 23.7 Å². The summed E-state index contributed by atoms with van der Waals surface area (Å²) in [5, 5.41) is 10.4. The van der Waals surface area contributed by atoms with Gasteiger partial charge < -0.3 is 27.4 Å². The van der Waals surface area contributed by atoms with Gasteiger partial charge in [0.05, 0.1) is 5.92 Å². The van der Waals surface area contributed by atoms with Gasteiger partial charge in [-0.25, -0.2) is 4.79 Å². The number of carbonyl (C=O) groups is 3. The summed E-state index contributed by atoms with van der Waals surface area (Å²) < 4.78 is 0. The van der Waals surface area contributed by atoms with E-state index in [4.69, 9.17) is 22.6 Å². The van der Waals surface area contributed by atoms with E-state index in [2.05, 4.69) is 5.32 Å². The molecule has 0 aliphatic carbocycles. The second kappa shape index (κ2) is 13.8. The van der Waals surface area contributed by atoms with E-state index in [0.717, 1.165) is 22.3 Å². The molecule has 9 heteroatoms. The first-order valence-corrected chi connectivity index (χ1v) is 13.5. The van der Waals surface area contributed by atoms with Gasteiger partial charge in [0.15, 0.2) is 0 Å². The molecule has 0 aromatic heterocycles. The molecule has 1 atom stereocenters. The largest absolute Gasteiger partial charge is 0.384 e. The van der Waals surface area contributed by atoms with Crippen LogP contribution in [0.2, 0.25) is 0 Å². The maximum absolute atomic E-state index is 14.6. The average Bonchev–Trinajstić information content (AvgIpc) is 2.99. The lowest BCUT2D eigenvalue weighted by Gasteiger charge is -2.33. The Balaban J connectivity index is 1.76. The minimum absolute atomic E-state index is 0.0976. The summed E-state index contributed by atoms with van der Waals surface area (Å²) >= 11 is 0. The first-order chi connectivity index (χ1) is 20.2. The van der Waals surface area contributed by atoms with Gasteiger partial charge in [-0.3, -0.25) is 15.0 Å². The zero-order valence-corrected chi connectivity index (χ0v) is 23.1. The van der Waals surface area contributed by atoms with E-state index in [-0.39, 0.29) is 31.3 Å². The summed E-state index contributed by atoms with van der Waals surface area (Å²) in [7, 11) is 0. The Morgan fingerprint density at radius 2 is 1.29 bits per heavy atom. The van der Waals surface area contributed by atoms with Crippen LogP contribution in [0, 0.1) is 5.41 Å². The molecule has 4 amide bonds. The Morgan fingerprint density at radius 1 is 0.714 bits per heavy atom. The minimum atomic E-state index is -0.995. The SMILES string of the molecule is N=C(N)c1cccc(C[C@H](C(N)=O)N(Cc2ccc(CNC(N)=O)cc2)C(=O)C(c2ccccc2)c2ccccc2)c1. The molecular formula is C33H34N6O3. The van der Waals surface area contributed by atoms with Crippen LogP contribution in [0.5, 0.6) is 0 Å². The molecule has 0 saturated heterocycles. The molecule has 0 saturated carbocycles. The highest BCUT2D eigenvalue weighted by molar-refractivity contribution is 5.95. The van der Waals surface area contributed by atoms with Gasteiger partial charge in [-0.2, -0.15) is 0 Å². The molecule has 8 N–H and O–H groups in total. The molecule has 0 bridgehead atoms. The van der Waals surface area contributed by atoms with Gasteiger partial charge in [0, 0.05) is 25.1 Å². The van der Waals surface area contributed by atoms with Crippen LogP contribution < -0.4 is 22.5 Å². The summed E-state index contributed by atoms with van der Waals surface area (Å²) in [6.07, 6.45) is 0.138. The van der Waals surface area contributed by atoms with E-state index < -0.39 is 23.9 Å². The molecule has 0 spiro atoms. The van der Waals surface area contributed by atoms with Crippen LogP contribution in [0.25, 0.3) is 0 Å². The van der Waals surface area contributed by atoms with E-state index in [1.807, 2.05) is 91.0 Å². The smallest absolute Gasteiger partial charge is 0.312 e. The molecule has 0 aliphatic rings. The fourth-order valence-corrected chi connectivity index (χ4v) is 4.88. The Morgan fingerprint density at radius 3 is 1.81 bits per heavy atom. The van der Waals surface area contributed by atoms with E-state index in [1.165, 1.54) is 4.90 Å². The quantitative estimate of drug-likeness (QED) is 0.132. The van der Waals surface area contributed by atoms with E-state index in [9.17, 15) is 14.4 Å². The van der Waals surface area contributed by atoms with E-state index >= 15 is 0 Å². The summed E-state index contributed by atoms with van der Waals surface area (Å²) in [4.78, 5) is 40.3. The number of nitrogens with one attached hydrogen (secondary N) is 2. The second-order valence-electron chi connectivity index (χ2n) is 9.99. The van der Waals surface area contributed by atoms with Crippen molar-refractivity contribution in [2.45, 2.75) is 31.5 Å². The van der Waals surface area contributed by atoms with Crippen molar-refractivity contribution in [3.05, 3.63) is 143 Å². The van der Waals surface area contributed by atoms with E-state index in [0.29, 0.717) is 11.1 Å². The molecule has 0 radical (unpaired) electrons. The first-order valence-electron chi connectivity index (χ1n) is 13.5. The number of urea groups is 1. The van der Waals surface area contributed by atoms with Crippen molar-refractivity contribution in [1.82, 2.24) is 10.2 Å². The van der Waals surface area contributed by atoms with Crippen molar-refractivity contribution in [1.29, 1.82) is 5.41 Å². The van der Waals surface area contributed by atoms with Crippen LogP contribution in [0.1, 0.15) is 39.3 Å². The maximum Gasteiger partial charge on any atom is 0.312 e. The number of amides is 4. The number of rotatable bonds is 12. The predicted octanol–water partition coefficient (Wildman–Crippen LogP) is 3.40. The minimum Gasteiger partial charge on any atom is -0.384 e. The zero-order valence-electron chi connectivity index (χ0n) is 23.1. The highest BCUT2D eigenvalue weighted by atomic mass is 16.2. The number of nitrogen functional groups attached to an aromatic ring is 1. The molecule has 42 heavy (non-hydrogen) atoms. The van der Waals surface area contributed by atoms with Crippen LogP contribution in [0.3, 0.4) is 0 Å². The molecule has 4 rings (SSSR count). The lowest BCUT2D eigenvalue weighted by molar-refractivity contribution is -0.140. The molecule has 9 nitrogen and oxygen atoms in total. The molecule has 0 unspecified atom stereocenters. The predicted molar refractivity (Wildman–Crippen MR) is 162 cm³/mol. The van der Waals surface area contributed by atoms with Gasteiger partial charge in [-0.05, 0) is 33.9 Å². The van der Waals surface area contributed by atoms with Crippen LogP contribution in [0.4, 0.5) is 4.79 Å². The topological polar surface area (TPSA) is 168 Å². The van der Waals surface area contributed by atoms with Gasteiger partial charge in [-0.15, -0.1) is 0 Å². The molecular weight excluding hydrogens is 528 g/mol.